The zero-order valence-electron chi connectivity index (χ0n) is 6.06. The Bertz CT molecular complexity index is 296. The second kappa shape index (κ2) is 2.65. The van der Waals surface area contributed by atoms with E-state index >= 15 is 0 Å². The van der Waals surface area contributed by atoms with Crippen molar-refractivity contribution in [1.29, 1.82) is 5.41 Å². The highest BCUT2D eigenvalue weighted by molar-refractivity contribution is 5.94. The molecule has 0 unspecified atom stereocenters. The minimum atomic E-state index is -0.410. The number of nitrogens with two attached hydrogens (primary N) is 1. The second-order valence-corrected chi connectivity index (χ2v) is 2.23. The van der Waals surface area contributed by atoms with Gasteiger partial charge >= 0.3 is 0 Å². The Hall–Kier alpha value is -1.45. The normalized spacial score (nSPS) is 9.64. The molecule has 58 valence electrons. The van der Waals surface area contributed by atoms with E-state index in [4.69, 9.17) is 11.1 Å². The monoisotopic (exact) mass is 153 g/mol. The molecule has 1 aromatic heterocycles. The summed E-state index contributed by atoms with van der Waals surface area (Å²) in [6.45, 7) is 1.66. The maximum Gasteiger partial charge on any atom is 0.142 e. The molecule has 1 heterocycles. The number of nitrogens with one attached hydrogen (secondary N) is 1. The lowest BCUT2D eigenvalue weighted by atomic mass is 10.2. The lowest BCUT2D eigenvalue weighted by Crippen LogP contribution is -2.14. The highest BCUT2D eigenvalue weighted by Crippen LogP contribution is 2.04. The van der Waals surface area contributed by atoms with Crippen molar-refractivity contribution in [1.82, 2.24) is 4.98 Å². The fraction of sp³-hybridized carbons (Fsp3) is 0.143. The van der Waals surface area contributed by atoms with Gasteiger partial charge in [0.1, 0.15) is 17.3 Å². The third-order valence-electron chi connectivity index (χ3n) is 1.30. The molecule has 1 aromatic rings. The van der Waals surface area contributed by atoms with Gasteiger partial charge in [0, 0.05) is 0 Å². The summed E-state index contributed by atoms with van der Waals surface area (Å²) >= 11 is 0. The average molecular weight is 153 g/mol. The number of halogens is 1. The van der Waals surface area contributed by atoms with Crippen molar-refractivity contribution >= 4 is 5.84 Å². The van der Waals surface area contributed by atoms with E-state index in [1.807, 2.05) is 0 Å². The summed E-state index contributed by atoms with van der Waals surface area (Å²) in [4.78, 5) is 3.65. The average Bonchev–Trinajstić information content (AvgIpc) is 1.85. The molecule has 0 aliphatic carbocycles. The Morgan fingerprint density at radius 2 is 2.36 bits per heavy atom. The topological polar surface area (TPSA) is 62.8 Å². The summed E-state index contributed by atoms with van der Waals surface area (Å²) < 4.78 is 12.4. The van der Waals surface area contributed by atoms with Gasteiger partial charge in [-0.2, -0.15) is 0 Å². The van der Waals surface area contributed by atoms with Gasteiger partial charge < -0.3 is 5.73 Å². The molecule has 0 aliphatic rings. The lowest BCUT2D eigenvalue weighted by Gasteiger charge is -2.00. The number of hydrogen-bond acceptors (Lipinski definition) is 2. The molecule has 0 saturated heterocycles. The highest BCUT2D eigenvalue weighted by atomic mass is 19.1. The minimum Gasteiger partial charge on any atom is -0.382 e. The van der Waals surface area contributed by atoms with Crippen LogP contribution >= 0.6 is 0 Å². The maximum atomic E-state index is 12.4. The standard InChI is InChI=1S/C7H8FN3/c1-4-2-5(8)3-11-6(4)7(9)10/h2-3H,1H3,(H3,9,10). The number of aromatic nitrogens is 1. The molecule has 0 amide bonds. The summed E-state index contributed by atoms with van der Waals surface area (Å²) in [5.74, 6) is -0.546. The van der Waals surface area contributed by atoms with Crippen molar-refractivity contribution in [3.8, 4) is 0 Å². The predicted octanol–water partition coefficient (Wildman–Crippen LogP) is 0.813. The number of rotatable bonds is 1. The molecule has 0 aromatic carbocycles. The Balaban J connectivity index is 3.20. The van der Waals surface area contributed by atoms with E-state index in [1.54, 1.807) is 6.92 Å². The number of aryl methyl sites for hydroxylation is 1. The fourth-order valence-corrected chi connectivity index (χ4v) is 0.822. The Morgan fingerprint density at radius 1 is 1.73 bits per heavy atom. The molecular weight excluding hydrogens is 145 g/mol. The van der Waals surface area contributed by atoms with Gasteiger partial charge in [0.25, 0.3) is 0 Å². The molecule has 11 heavy (non-hydrogen) atoms. The molecule has 3 N–H and O–H groups in total. The first kappa shape index (κ1) is 7.65. The van der Waals surface area contributed by atoms with Crippen molar-refractivity contribution in [2.24, 2.45) is 5.73 Å². The number of amidine groups is 1. The molecule has 1 rings (SSSR count). The molecule has 0 saturated carbocycles. The van der Waals surface area contributed by atoms with E-state index in [0.29, 0.717) is 11.3 Å². The van der Waals surface area contributed by atoms with Crippen molar-refractivity contribution in [3.05, 3.63) is 29.3 Å². The van der Waals surface area contributed by atoms with Gasteiger partial charge in [-0.15, -0.1) is 0 Å². The largest absolute Gasteiger partial charge is 0.382 e. The molecule has 0 atom stereocenters. The number of nitrogens with zero attached hydrogens (tertiary/aromatic N) is 1. The Labute approximate surface area is 63.6 Å². The first-order valence-corrected chi connectivity index (χ1v) is 3.08. The molecule has 0 radical (unpaired) electrons. The summed E-state index contributed by atoms with van der Waals surface area (Å²) in [5, 5.41) is 7.04. The summed E-state index contributed by atoms with van der Waals surface area (Å²) in [7, 11) is 0. The van der Waals surface area contributed by atoms with Crippen LogP contribution in [0.25, 0.3) is 0 Å². The quantitative estimate of drug-likeness (QED) is 0.463. The molecule has 0 bridgehead atoms. The first-order chi connectivity index (χ1) is 5.11. The van der Waals surface area contributed by atoms with Crippen LogP contribution in [0.3, 0.4) is 0 Å². The van der Waals surface area contributed by atoms with E-state index in [1.165, 1.54) is 6.07 Å². The van der Waals surface area contributed by atoms with E-state index in [2.05, 4.69) is 4.98 Å². The maximum absolute atomic E-state index is 12.4. The summed E-state index contributed by atoms with van der Waals surface area (Å²) in [5.41, 5.74) is 6.08. The minimum absolute atomic E-state index is 0.137. The van der Waals surface area contributed by atoms with E-state index < -0.39 is 5.82 Å². The molecule has 4 heteroatoms. The van der Waals surface area contributed by atoms with Crippen LogP contribution in [0, 0.1) is 18.2 Å². The van der Waals surface area contributed by atoms with Crippen LogP contribution in [0.5, 0.6) is 0 Å². The molecule has 0 fully saturated rings. The summed E-state index contributed by atoms with van der Waals surface area (Å²) in [6, 6.07) is 1.30. The number of hydrogen-bond donors (Lipinski definition) is 2. The highest BCUT2D eigenvalue weighted by Gasteiger charge is 2.02. The molecule has 0 spiro atoms. The van der Waals surface area contributed by atoms with Gasteiger partial charge in [-0.1, -0.05) is 0 Å². The number of nitrogen functional groups attached to an aromatic ring is 1. The first-order valence-electron chi connectivity index (χ1n) is 3.08. The number of pyridine rings is 1. The smallest absolute Gasteiger partial charge is 0.142 e. The fourth-order valence-electron chi connectivity index (χ4n) is 0.822. The van der Waals surface area contributed by atoms with Gasteiger partial charge in [-0.25, -0.2) is 9.37 Å². The van der Waals surface area contributed by atoms with Crippen molar-refractivity contribution < 1.29 is 4.39 Å². The van der Waals surface area contributed by atoms with Crippen molar-refractivity contribution in [2.45, 2.75) is 6.92 Å². The van der Waals surface area contributed by atoms with Gasteiger partial charge in [0.15, 0.2) is 0 Å². The molecule has 0 aliphatic heterocycles. The van der Waals surface area contributed by atoms with Crippen LogP contribution < -0.4 is 5.73 Å². The van der Waals surface area contributed by atoms with Gasteiger partial charge in [0.2, 0.25) is 0 Å². The predicted molar refractivity (Wildman–Crippen MR) is 39.9 cm³/mol. The SMILES string of the molecule is Cc1cc(F)cnc1C(=N)N. The summed E-state index contributed by atoms with van der Waals surface area (Å²) in [6.07, 6.45) is 1.05. The van der Waals surface area contributed by atoms with Crippen LogP contribution in [-0.2, 0) is 0 Å². The zero-order chi connectivity index (χ0) is 8.43. The van der Waals surface area contributed by atoms with Crippen molar-refractivity contribution in [3.63, 3.8) is 0 Å². The van der Waals surface area contributed by atoms with Gasteiger partial charge in [-0.05, 0) is 18.6 Å². The second-order valence-electron chi connectivity index (χ2n) is 2.23. The lowest BCUT2D eigenvalue weighted by molar-refractivity contribution is 0.619. The van der Waals surface area contributed by atoms with Crippen LogP contribution in [0.4, 0.5) is 4.39 Å². The van der Waals surface area contributed by atoms with Crippen LogP contribution in [0.2, 0.25) is 0 Å². The van der Waals surface area contributed by atoms with E-state index in [0.717, 1.165) is 6.20 Å². The Kier molecular flexibility index (Phi) is 1.85. The van der Waals surface area contributed by atoms with Gasteiger partial charge in [0.05, 0.1) is 6.20 Å². The van der Waals surface area contributed by atoms with Gasteiger partial charge in [-0.3, -0.25) is 5.41 Å². The van der Waals surface area contributed by atoms with E-state index in [9.17, 15) is 4.39 Å². The van der Waals surface area contributed by atoms with Crippen LogP contribution in [-0.4, -0.2) is 10.8 Å². The third kappa shape index (κ3) is 1.52. The van der Waals surface area contributed by atoms with E-state index in [-0.39, 0.29) is 5.84 Å². The van der Waals surface area contributed by atoms with Crippen LogP contribution in [0.15, 0.2) is 12.3 Å². The third-order valence-corrected chi connectivity index (χ3v) is 1.30. The van der Waals surface area contributed by atoms with Crippen molar-refractivity contribution in [2.75, 3.05) is 0 Å². The molecular formula is C7H8FN3. The zero-order valence-corrected chi connectivity index (χ0v) is 6.06. The molecule has 3 nitrogen and oxygen atoms in total. The Morgan fingerprint density at radius 3 is 2.82 bits per heavy atom. The van der Waals surface area contributed by atoms with Crippen LogP contribution in [0.1, 0.15) is 11.3 Å².